The van der Waals surface area contributed by atoms with Crippen LogP contribution in [0, 0.1) is 5.41 Å². The molecule has 2 aliphatic rings. The van der Waals surface area contributed by atoms with Crippen LogP contribution in [0.3, 0.4) is 0 Å². The van der Waals surface area contributed by atoms with Crippen LogP contribution < -0.4 is 10.6 Å². The monoisotopic (exact) mass is 449 g/mol. The number of ether oxygens (including phenoxy) is 1. The number of hydrogen-bond acceptors (Lipinski definition) is 8. The molecule has 0 saturated carbocycles. The van der Waals surface area contributed by atoms with Crippen molar-refractivity contribution in [3.8, 4) is 0 Å². The van der Waals surface area contributed by atoms with E-state index in [9.17, 15) is 4.79 Å². The first kappa shape index (κ1) is 21.2. The van der Waals surface area contributed by atoms with E-state index in [0.717, 1.165) is 48.7 Å². The number of methoxy groups -OCH3 is 1. The fourth-order valence-corrected chi connectivity index (χ4v) is 5.73. The van der Waals surface area contributed by atoms with Gasteiger partial charge in [0, 0.05) is 24.9 Å². The third-order valence-corrected chi connectivity index (χ3v) is 7.76. The average molecular weight is 450 g/mol. The summed E-state index contributed by atoms with van der Waals surface area (Å²) in [5, 5.41) is 0.832. The summed E-state index contributed by atoms with van der Waals surface area (Å²) in [5.41, 5.74) is 11.0. The summed E-state index contributed by atoms with van der Waals surface area (Å²) >= 11 is 1.51. The minimum absolute atomic E-state index is 0.114. The van der Waals surface area contributed by atoms with Gasteiger partial charge in [0.05, 0.1) is 24.8 Å². The van der Waals surface area contributed by atoms with E-state index >= 15 is 0 Å². The lowest BCUT2D eigenvalue weighted by molar-refractivity contribution is -0.140. The van der Waals surface area contributed by atoms with Crippen molar-refractivity contribution in [2.45, 2.75) is 36.8 Å². The Labute approximate surface area is 191 Å². The van der Waals surface area contributed by atoms with Crippen molar-refractivity contribution in [1.29, 1.82) is 0 Å². The van der Waals surface area contributed by atoms with Crippen molar-refractivity contribution in [1.82, 2.24) is 15.0 Å². The SMILES string of the molecule is COC(=O)CCSc1ccc2nc(N3CCC4(CC3)Cc3ccccc3[C@H]4N)cnc2n1. The summed E-state index contributed by atoms with van der Waals surface area (Å²) in [4.78, 5) is 27.5. The molecule has 2 N–H and O–H groups in total. The van der Waals surface area contributed by atoms with Crippen LogP contribution in [0.5, 0.6) is 0 Å². The minimum atomic E-state index is -0.214. The minimum Gasteiger partial charge on any atom is -0.469 e. The third-order valence-electron chi connectivity index (χ3n) is 6.83. The largest absolute Gasteiger partial charge is 0.469 e. The standard InChI is InChI=1S/C24H27N5O2S/c1-31-21(30)8-13-32-20-7-6-18-23(28-20)26-15-19(27-18)29-11-9-24(10-12-29)14-16-4-2-3-5-17(16)22(24)25/h2-7,15,22H,8-14,25H2,1H3/t22-/m1/s1. The van der Waals surface area contributed by atoms with Gasteiger partial charge in [-0.05, 0) is 47.9 Å². The molecule has 8 heteroatoms. The summed E-state index contributed by atoms with van der Waals surface area (Å²) in [7, 11) is 1.40. The number of fused-ring (bicyclic) bond motifs is 2. The van der Waals surface area contributed by atoms with Crippen molar-refractivity contribution < 1.29 is 9.53 Å². The number of piperidine rings is 1. The van der Waals surface area contributed by atoms with E-state index in [4.69, 9.17) is 10.7 Å². The van der Waals surface area contributed by atoms with Crippen LogP contribution in [0.25, 0.3) is 11.2 Å². The molecule has 166 valence electrons. The van der Waals surface area contributed by atoms with Crippen molar-refractivity contribution >= 4 is 34.7 Å². The molecule has 7 nitrogen and oxygen atoms in total. The summed E-state index contributed by atoms with van der Waals surface area (Å²) in [6.45, 7) is 1.85. The number of benzene rings is 1. The molecule has 1 aromatic carbocycles. The molecule has 0 bridgehead atoms. The number of pyridine rings is 1. The molecule has 1 fully saturated rings. The average Bonchev–Trinajstić information content (AvgIpc) is 3.10. The molecule has 1 saturated heterocycles. The number of esters is 1. The second kappa shape index (κ2) is 8.67. The maximum absolute atomic E-state index is 11.3. The molecular formula is C24H27N5O2S. The van der Waals surface area contributed by atoms with Crippen molar-refractivity contribution in [2.75, 3.05) is 30.9 Å². The zero-order valence-corrected chi connectivity index (χ0v) is 19.0. The predicted octanol–water partition coefficient (Wildman–Crippen LogP) is 3.52. The smallest absolute Gasteiger partial charge is 0.306 e. The maximum Gasteiger partial charge on any atom is 0.306 e. The van der Waals surface area contributed by atoms with Crippen LogP contribution in [0.2, 0.25) is 0 Å². The van der Waals surface area contributed by atoms with Gasteiger partial charge in [-0.25, -0.2) is 15.0 Å². The molecule has 0 radical (unpaired) electrons. The Bertz CT molecular complexity index is 1150. The van der Waals surface area contributed by atoms with Gasteiger partial charge < -0.3 is 15.4 Å². The van der Waals surface area contributed by atoms with Gasteiger partial charge in [0.15, 0.2) is 5.65 Å². The molecule has 0 amide bonds. The molecule has 32 heavy (non-hydrogen) atoms. The number of nitrogens with two attached hydrogens (primary N) is 1. The van der Waals surface area contributed by atoms with Crippen LogP contribution in [-0.2, 0) is 16.0 Å². The van der Waals surface area contributed by atoms with Crippen molar-refractivity contribution in [2.24, 2.45) is 11.1 Å². The zero-order valence-electron chi connectivity index (χ0n) is 18.2. The molecule has 1 atom stereocenters. The maximum atomic E-state index is 11.3. The summed E-state index contributed by atoms with van der Waals surface area (Å²) in [6.07, 6.45) is 5.35. The normalized spacial score (nSPS) is 19.3. The highest BCUT2D eigenvalue weighted by molar-refractivity contribution is 7.99. The Morgan fingerprint density at radius 3 is 2.81 bits per heavy atom. The van der Waals surface area contributed by atoms with Crippen LogP contribution >= 0.6 is 11.8 Å². The summed E-state index contributed by atoms with van der Waals surface area (Å²) in [5.74, 6) is 1.30. The van der Waals surface area contributed by atoms with Gasteiger partial charge in [0.25, 0.3) is 0 Å². The molecule has 3 aromatic rings. The Balaban J connectivity index is 1.25. The number of carbonyl (C=O) groups excluding carboxylic acids is 1. The van der Waals surface area contributed by atoms with E-state index in [-0.39, 0.29) is 17.4 Å². The molecule has 2 aromatic heterocycles. The number of anilines is 1. The van der Waals surface area contributed by atoms with E-state index in [1.807, 2.05) is 18.3 Å². The highest BCUT2D eigenvalue weighted by atomic mass is 32.2. The highest BCUT2D eigenvalue weighted by Crippen LogP contribution is 2.50. The van der Waals surface area contributed by atoms with E-state index in [1.54, 1.807) is 0 Å². The fraction of sp³-hybridized carbons (Fsp3) is 0.417. The van der Waals surface area contributed by atoms with Gasteiger partial charge in [-0.15, -0.1) is 11.8 Å². The van der Waals surface area contributed by atoms with Crippen LogP contribution in [0.1, 0.15) is 36.4 Å². The lowest BCUT2D eigenvalue weighted by Gasteiger charge is -2.42. The highest BCUT2D eigenvalue weighted by Gasteiger charge is 2.45. The molecule has 0 unspecified atom stereocenters. The summed E-state index contributed by atoms with van der Waals surface area (Å²) < 4.78 is 4.68. The number of aromatic nitrogens is 3. The van der Waals surface area contributed by atoms with Gasteiger partial charge in [-0.3, -0.25) is 4.79 Å². The molecule has 1 aliphatic carbocycles. The quantitative estimate of drug-likeness (QED) is 0.467. The molecule has 3 heterocycles. The van der Waals surface area contributed by atoms with Gasteiger partial charge in [-0.2, -0.15) is 0 Å². The first-order valence-electron chi connectivity index (χ1n) is 11.0. The van der Waals surface area contributed by atoms with Gasteiger partial charge in [-0.1, -0.05) is 24.3 Å². The van der Waals surface area contributed by atoms with Crippen molar-refractivity contribution in [3.05, 3.63) is 53.7 Å². The lowest BCUT2D eigenvalue weighted by atomic mass is 9.73. The second-order valence-electron chi connectivity index (χ2n) is 8.60. The Morgan fingerprint density at radius 1 is 1.22 bits per heavy atom. The molecule has 1 aliphatic heterocycles. The Morgan fingerprint density at radius 2 is 2.03 bits per heavy atom. The first-order chi connectivity index (χ1) is 15.6. The van der Waals surface area contributed by atoms with Crippen molar-refractivity contribution in [3.63, 3.8) is 0 Å². The topological polar surface area (TPSA) is 94.2 Å². The van der Waals surface area contributed by atoms with Gasteiger partial charge >= 0.3 is 5.97 Å². The molecule has 1 spiro atoms. The summed E-state index contributed by atoms with van der Waals surface area (Å²) in [6, 6.07) is 12.6. The van der Waals surface area contributed by atoms with Crippen LogP contribution in [0.15, 0.2) is 47.6 Å². The first-order valence-corrected chi connectivity index (χ1v) is 12.0. The lowest BCUT2D eigenvalue weighted by Crippen LogP contribution is -2.44. The van der Waals surface area contributed by atoms with Crippen LogP contribution in [-0.4, -0.2) is 46.9 Å². The number of thioether (sulfide) groups is 1. The number of rotatable bonds is 5. The Hall–Kier alpha value is -2.71. The third kappa shape index (κ3) is 3.93. The molecular weight excluding hydrogens is 422 g/mol. The van der Waals surface area contributed by atoms with Gasteiger partial charge in [0.2, 0.25) is 0 Å². The van der Waals surface area contributed by atoms with Gasteiger partial charge in [0.1, 0.15) is 11.3 Å². The van der Waals surface area contributed by atoms with E-state index in [0.29, 0.717) is 17.8 Å². The number of nitrogens with zero attached hydrogens (tertiary/aromatic N) is 4. The van der Waals surface area contributed by atoms with Crippen LogP contribution in [0.4, 0.5) is 5.82 Å². The zero-order chi connectivity index (χ0) is 22.1. The second-order valence-corrected chi connectivity index (χ2v) is 9.71. The number of hydrogen-bond donors (Lipinski definition) is 1. The Kier molecular flexibility index (Phi) is 5.73. The number of carbonyl (C=O) groups is 1. The van der Waals surface area contributed by atoms with E-state index < -0.39 is 0 Å². The van der Waals surface area contributed by atoms with E-state index in [1.165, 1.54) is 30.0 Å². The van der Waals surface area contributed by atoms with E-state index in [2.05, 4.69) is 43.9 Å². The molecule has 5 rings (SSSR count). The fourth-order valence-electron chi connectivity index (χ4n) is 4.94. The predicted molar refractivity (Wildman–Crippen MR) is 126 cm³/mol.